The van der Waals surface area contributed by atoms with Crippen molar-refractivity contribution in [1.29, 1.82) is 0 Å². The van der Waals surface area contributed by atoms with Crippen molar-refractivity contribution in [2.75, 3.05) is 39.3 Å². The normalized spacial score (nSPS) is 30.7. The summed E-state index contributed by atoms with van der Waals surface area (Å²) in [4.78, 5) is 17.2. The molecule has 2 heterocycles. The molecule has 3 fully saturated rings. The van der Waals surface area contributed by atoms with E-state index in [0.29, 0.717) is 5.91 Å². The average Bonchev–Trinajstić information content (AvgIpc) is 3.02. The molecule has 3 aliphatic rings. The number of nitrogens with zero attached hydrogens (tertiary/aromatic N) is 2. The molecule has 0 bridgehead atoms. The third kappa shape index (κ3) is 3.11. The summed E-state index contributed by atoms with van der Waals surface area (Å²) in [7, 11) is 0. The molecule has 2 aliphatic heterocycles. The van der Waals surface area contributed by atoms with Gasteiger partial charge in [-0.15, -0.1) is 0 Å². The third-order valence-electron chi connectivity index (χ3n) is 5.11. The van der Waals surface area contributed by atoms with Crippen LogP contribution < -0.4 is 5.32 Å². The first-order valence-corrected chi connectivity index (χ1v) is 8.08. The van der Waals surface area contributed by atoms with Gasteiger partial charge < -0.3 is 10.2 Å². The largest absolute Gasteiger partial charge is 0.340 e. The molecule has 1 atom stereocenters. The molecule has 1 saturated carbocycles. The highest BCUT2D eigenvalue weighted by molar-refractivity contribution is 5.79. The van der Waals surface area contributed by atoms with Crippen LogP contribution in [0.15, 0.2) is 0 Å². The Morgan fingerprint density at radius 3 is 2.32 bits per heavy atom. The number of nitrogens with one attached hydrogen (secondary N) is 1. The van der Waals surface area contributed by atoms with Crippen LogP contribution in [-0.2, 0) is 4.79 Å². The number of hydrogen-bond acceptors (Lipinski definition) is 3. The smallest absolute Gasteiger partial charge is 0.227 e. The van der Waals surface area contributed by atoms with E-state index >= 15 is 0 Å². The lowest BCUT2D eigenvalue weighted by atomic mass is 9.97. The number of piperidine rings is 1. The summed E-state index contributed by atoms with van der Waals surface area (Å²) in [6.07, 6.45) is 7.78. The zero-order valence-electron chi connectivity index (χ0n) is 11.9. The van der Waals surface area contributed by atoms with E-state index < -0.39 is 0 Å². The summed E-state index contributed by atoms with van der Waals surface area (Å²) in [6, 6.07) is 0.814. The Balaban J connectivity index is 1.47. The molecule has 2 saturated heterocycles. The highest BCUT2D eigenvalue weighted by atomic mass is 16.2. The molecule has 19 heavy (non-hydrogen) atoms. The molecule has 1 N–H and O–H groups in total. The predicted octanol–water partition coefficient (Wildman–Crippen LogP) is 1.07. The van der Waals surface area contributed by atoms with Crippen molar-refractivity contribution in [2.24, 2.45) is 5.92 Å². The molecule has 4 heteroatoms. The van der Waals surface area contributed by atoms with Crippen molar-refractivity contribution in [3.63, 3.8) is 0 Å². The molecule has 1 amide bonds. The molecule has 0 aromatic rings. The van der Waals surface area contributed by atoms with Crippen LogP contribution in [0, 0.1) is 5.92 Å². The van der Waals surface area contributed by atoms with Crippen molar-refractivity contribution in [2.45, 2.75) is 44.6 Å². The highest BCUT2D eigenvalue weighted by Gasteiger charge is 2.31. The average molecular weight is 265 g/mol. The summed E-state index contributed by atoms with van der Waals surface area (Å²) in [6.45, 7) is 6.06. The molecule has 0 unspecified atom stereocenters. The van der Waals surface area contributed by atoms with Gasteiger partial charge in [0.2, 0.25) is 5.91 Å². The Morgan fingerprint density at radius 2 is 1.68 bits per heavy atom. The van der Waals surface area contributed by atoms with Gasteiger partial charge in [-0.1, -0.05) is 12.8 Å². The van der Waals surface area contributed by atoms with Gasteiger partial charge in [0.1, 0.15) is 0 Å². The van der Waals surface area contributed by atoms with E-state index in [1.54, 1.807) is 0 Å². The summed E-state index contributed by atoms with van der Waals surface area (Å²) in [5, 5.41) is 3.35. The second kappa shape index (κ2) is 6.23. The second-order valence-electron chi connectivity index (χ2n) is 6.34. The number of piperazine rings is 1. The zero-order chi connectivity index (χ0) is 13.1. The van der Waals surface area contributed by atoms with E-state index in [1.807, 2.05) is 0 Å². The maximum atomic E-state index is 12.4. The molecule has 0 aromatic heterocycles. The maximum absolute atomic E-state index is 12.4. The number of carbonyl (C=O) groups is 1. The monoisotopic (exact) mass is 265 g/mol. The van der Waals surface area contributed by atoms with Gasteiger partial charge in [0, 0.05) is 38.8 Å². The topological polar surface area (TPSA) is 35.6 Å². The first-order valence-electron chi connectivity index (χ1n) is 8.08. The Morgan fingerprint density at radius 1 is 0.947 bits per heavy atom. The molecular weight excluding hydrogens is 238 g/mol. The molecule has 3 rings (SSSR count). The van der Waals surface area contributed by atoms with E-state index in [1.165, 1.54) is 25.7 Å². The van der Waals surface area contributed by atoms with Crippen molar-refractivity contribution in [3.05, 3.63) is 0 Å². The van der Waals surface area contributed by atoms with Gasteiger partial charge >= 0.3 is 0 Å². The summed E-state index contributed by atoms with van der Waals surface area (Å²) < 4.78 is 0. The number of amides is 1. The van der Waals surface area contributed by atoms with Crippen LogP contribution in [0.3, 0.4) is 0 Å². The molecule has 0 radical (unpaired) electrons. The van der Waals surface area contributed by atoms with Crippen LogP contribution in [0.25, 0.3) is 0 Å². The maximum Gasteiger partial charge on any atom is 0.227 e. The van der Waals surface area contributed by atoms with E-state index in [2.05, 4.69) is 15.1 Å². The van der Waals surface area contributed by atoms with Crippen LogP contribution in [0.2, 0.25) is 0 Å². The lowest BCUT2D eigenvalue weighted by Gasteiger charge is -2.39. The molecule has 4 nitrogen and oxygen atoms in total. The SMILES string of the molecule is O=C([C@@H]1CCCNC1)N1CCN(C2CCCC2)CC1. The number of carbonyl (C=O) groups excluding carboxylic acids is 1. The minimum Gasteiger partial charge on any atom is -0.340 e. The van der Waals surface area contributed by atoms with Crippen molar-refractivity contribution in [3.8, 4) is 0 Å². The Bertz CT molecular complexity index is 301. The fraction of sp³-hybridized carbons (Fsp3) is 0.933. The molecule has 0 aromatic carbocycles. The Kier molecular flexibility index (Phi) is 4.38. The quantitative estimate of drug-likeness (QED) is 0.811. The van der Waals surface area contributed by atoms with Crippen LogP contribution in [-0.4, -0.2) is 61.0 Å². The van der Waals surface area contributed by atoms with Crippen LogP contribution in [0.1, 0.15) is 38.5 Å². The van der Waals surface area contributed by atoms with Gasteiger partial charge in [-0.2, -0.15) is 0 Å². The van der Waals surface area contributed by atoms with E-state index in [-0.39, 0.29) is 5.92 Å². The van der Waals surface area contributed by atoms with Gasteiger partial charge in [0.25, 0.3) is 0 Å². The van der Waals surface area contributed by atoms with Crippen molar-refractivity contribution in [1.82, 2.24) is 15.1 Å². The molecule has 1 aliphatic carbocycles. The second-order valence-corrected chi connectivity index (χ2v) is 6.34. The van der Waals surface area contributed by atoms with Gasteiger partial charge in [0.15, 0.2) is 0 Å². The van der Waals surface area contributed by atoms with E-state index in [4.69, 9.17) is 0 Å². The molecular formula is C15H27N3O. The first kappa shape index (κ1) is 13.4. The van der Waals surface area contributed by atoms with Gasteiger partial charge in [-0.25, -0.2) is 0 Å². The standard InChI is InChI=1S/C15H27N3O/c19-15(13-4-3-7-16-12-13)18-10-8-17(9-11-18)14-5-1-2-6-14/h13-14,16H,1-12H2/t13-/m1/s1. The summed E-state index contributed by atoms with van der Waals surface area (Å²) in [5.41, 5.74) is 0. The highest BCUT2D eigenvalue weighted by Crippen LogP contribution is 2.24. The minimum atomic E-state index is 0.242. The fourth-order valence-corrected chi connectivity index (χ4v) is 3.90. The van der Waals surface area contributed by atoms with Crippen LogP contribution in [0.4, 0.5) is 0 Å². The molecule has 0 spiro atoms. The minimum absolute atomic E-state index is 0.242. The Hall–Kier alpha value is -0.610. The predicted molar refractivity (Wildman–Crippen MR) is 76.0 cm³/mol. The van der Waals surface area contributed by atoms with Crippen molar-refractivity contribution >= 4 is 5.91 Å². The lowest BCUT2D eigenvalue weighted by Crippen LogP contribution is -2.53. The van der Waals surface area contributed by atoms with Gasteiger partial charge in [-0.3, -0.25) is 9.69 Å². The number of hydrogen-bond donors (Lipinski definition) is 1. The van der Waals surface area contributed by atoms with Gasteiger partial charge in [0.05, 0.1) is 5.92 Å². The van der Waals surface area contributed by atoms with E-state index in [0.717, 1.165) is 58.2 Å². The first-order chi connectivity index (χ1) is 9.34. The third-order valence-corrected chi connectivity index (χ3v) is 5.11. The Labute approximate surface area is 116 Å². The zero-order valence-corrected chi connectivity index (χ0v) is 11.9. The summed E-state index contributed by atoms with van der Waals surface area (Å²) >= 11 is 0. The fourth-order valence-electron chi connectivity index (χ4n) is 3.90. The van der Waals surface area contributed by atoms with Crippen LogP contribution in [0.5, 0.6) is 0 Å². The van der Waals surface area contributed by atoms with Gasteiger partial charge in [-0.05, 0) is 32.2 Å². The van der Waals surface area contributed by atoms with Crippen molar-refractivity contribution < 1.29 is 4.79 Å². The molecule has 108 valence electrons. The van der Waals surface area contributed by atoms with Crippen LogP contribution >= 0.6 is 0 Å². The van der Waals surface area contributed by atoms with E-state index in [9.17, 15) is 4.79 Å². The number of rotatable bonds is 2. The summed E-state index contributed by atoms with van der Waals surface area (Å²) in [5.74, 6) is 0.644. The lowest BCUT2D eigenvalue weighted by molar-refractivity contribution is -0.138.